The predicted octanol–water partition coefficient (Wildman–Crippen LogP) is 3.26. The fourth-order valence-corrected chi connectivity index (χ4v) is 6.05. The van der Waals surface area contributed by atoms with E-state index >= 15 is 0 Å². The van der Waals surface area contributed by atoms with Crippen LogP contribution in [0.1, 0.15) is 118 Å². The molecule has 0 aliphatic heterocycles. The molecule has 0 radical (unpaired) electrons. The van der Waals surface area contributed by atoms with Gasteiger partial charge in [0.1, 0.15) is 11.5 Å². The first-order chi connectivity index (χ1) is 16.8. The van der Waals surface area contributed by atoms with Gasteiger partial charge in [0, 0.05) is 41.2 Å². The van der Waals surface area contributed by atoms with Crippen LogP contribution >= 0.6 is 11.6 Å². The van der Waals surface area contributed by atoms with Crippen molar-refractivity contribution in [1.29, 1.82) is 0 Å². The summed E-state index contributed by atoms with van der Waals surface area (Å²) in [6.45, 7) is 6.48. The molecule has 0 saturated heterocycles. The van der Waals surface area contributed by atoms with E-state index in [1.807, 2.05) is 25.1 Å². The van der Waals surface area contributed by atoms with Crippen molar-refractivity contribution in [2.75, 3.05) is 0 Å². The molecule has 2 aromatic rings. The van der Waals surface area contributed by atoms with Gasteiger partial charge in [0.15, 0.2) is 0 Å². The van der Waals surface area contributed by atoms with Crippen molar-refractivity contribution in [2.24, 2.45) is 11.8 Å². The van der Waals surface area contributed by atoms with Crippen LogP contribution in [0.3, 0.4) is 0 Å². The van der Waals surface area contributed by atoms with E-state index in [0.29, 0.717) is 22.6 Å². The van der Waals surface area contributed by atoms with Gasteiger partial charge in [-0.2, -0.15) is 0 Å². The second-order valence-corrected chi connectivity index (χ2v) is 11.3. The molecule has 2 aliphatic carbocycles. The quantitative estimate of drug-likeness (QED) is 0.378. The minimum atomic E-state index is -1.17. The number of hydrogen-bond acceptors (Lipinski definition) is 5. The third-order valence-corrected chi connectivity index (χ3v) is 8.42. The standard InChI is InChI=1S/C29H38ClNO4.Na/c1-4-18(5-2)11-19-12-23(13-19)29-27(20-8-9-20)28(31-35-29)22(16-26(33)34)15-24(32)14-21-7-6-17(3)10-25(21)30;/h6-7,10,18-20,22-23H,4-5,8-9,11-16H2,1-3H3,(H,33,34);/q;+1/p-1/t19?,22-,23?;/m1./s1. The van der Waals surface area contributed by atoms with Crippen molar-refractivity contribution < 1.29 is 48.8 Å². The molecule has 1 atom stereocenters. The van der Waals surface area contributed by atoms with Crippen LogP contribution in [-0.2, 0) is 16.0 Å². The first-order valence-corrected chi connectivity index (χ1v) is 13.6. The monoisotopic (exact) mass is 521 g/mol. The largest absolute Gasteiger partial charge is 1.00 e. The molecule has 2 aliphatic rings. The molecule has 1 aromatic carbocycles. The minimum Gasteiger partial charge on any atom is -0.550 e. The Labute approximate surface area is 242 Å². The van der Waals surface area contributed by atoms with Crippen molar-refractivity contribution in [1.82, 2.24) is 5.16 Å². The number of benzene rings is 1. The molecule has 7 heteroatoms. The Balaban J connectivity index is 0.00000361. The average Bonchev–Trinajstić information content (AvgIpc) is 3.53. The van der Waals surface area contributed by atoms with E-state index < -0.39 is 11.9 Å². The zero-order valence-corrected chi connectivity index (χ0v) is 24.9. The molecular formula is C29H37ClNNaO4. The number of ketones is 1. The second-order valence-electron chi connectivity index (χ2n) is 10.9. The minimum absolute atomic E-state index is 0. The zero-order chi connectivity index (χ0) is 25.1. The predicted molar refractivity (Wildman–Crippen MR) is 135 cm³/mol. The molecule has 0 unspecified atom stereocenters. The van der Waals surface area contributed by atoms with Gasteiger partial charge in [-0.15, -0.1) is 0 Å². The maximum absolute atomic E-state index is 13.0. The van der Waals surface area contributed by atoms with Crippen molar-refractivity contribution >= 4 is 23.4 Å². The number of Topliss-reactive ketones (excluding diaryl/α,β-unsaturated/α-hetero) is 1. The number of halogens is 1. The summed E-state index contributed by atoms with van der Waals surface area (Å²) in [5.41, 5.74) is 3.54. The number of aryl methyl sites for hydroxylation is 1. The summed E-state index contributed by atoms with van der Waals surface area (Å²) in [7, 11) is 0. The number of carbonyl (C=O) groups excluding carboxylic acids is 2. The van der Waals surface area contributed by atoms with Crippen LogP contribution in [0.5, 0.6) is 0 Å². The van der Waals surface area contributed by atoms with E-state index in [2.05, 4.69) is 19.0 Å². The topological polar surface area (TPSA) is 83.2 Å². The Morgan fingerprint density at radius 2 is 1.83 bits per heavy atom. The molecular weight excluding hydrogens is 485 g/mol. The fraction of sp³-hybridized carbons (Fsp3) is 0.621. The van der Waals surface area contributed by atoms with E-state index in [1.54, 1.807) is 0 Å². The Hall–Kier alpha value is -1.14. The molecule has 190 valence electrons. The van der Waals surface area contributed by atoms with Gasteiger partial charge in [-0.25, -0.2) is 0 Å². The Morgan fingerprint density at radius 3 is 2.42 bits per heavy atom. The van der Waals surface area contributed by atoms with Crippen LogP contribution in [0.15, 0.2) is 22.7 Å². The Morgan fingerprint density at radius 1 is 1.14 bits per heavy atom. The van der Waals surface area contributed by atoms with E-state index in [9.17, 15) is 14.7 Å². The summed E-state index contributed by atoms with van der Waals surface area (Å²) >= 11 is 6.33. The van der Waals surface area contributed by atoms with Gasteiger partial charge in [-0.3, -0.25) is 4.79 Å². The van der Waals surface area contributed by atoms with Crippen LogP contribution in [0.25, 0.3) is 0 Å². The van der Waals surface area contributed by atoms with Gasteiger partial charge in [-0.1, -0.05) is 55.6 Å². The Bertz CT molecular complexity index is 1050. The smallest absolute Gasteiger partial charge is 0.550 e. The van der Waals surface area contributed by atoms with E-state index in [4.69, 9.17) is 16.1 Å². The SMILES string of the molecule is CCC(CC)CC1CC(c2onc([C@@H](CC(=O)[O-])CC(=O)Cc3ccc(C)cc3Cl)c2C2CC2)C1.[Na+]. The molecule has 2 saturated carbocycles. The molecule has 5 nitrogen and oxygen atoms in total. The molecule has 1 aromatic heterocycles. The number of carboxylic acids is 1. The van der Waals surface area contributed by atoms with E-state index in [-0.39, 0.29) is 54.6 Å². The second kappa shape index (κ2) is 13.1. The number of carbonyl (C=O) groups is 2. The van der Waals surface area contributed by atoms with Crippen molar-refractivity contribution in [2.45, 2.75) is 103 Å². The van der Waals surface area contributed by atoms with Gasteiger partial charge < -0.3 is 14.4 Å². The van der Waals surface area contributed by atoms with Crippen molar-refractivity contribution in [3.8, 4) is 0 Å². The number of rotatable bonds is 13. The van der Waals surface area contributed by atoms with Gasteiger partial charge in [0.2, 0.25) is 0 Å². The molecule has 36 heavy (non-hydrogen) atoms. The number of aromatic nitrogens is 1. The molecule has 4 rings (SSSR count). The summed E-state index contributed by atoms with van der Waals surface area (Å²) in [6, 6.07) is 5.63. The van der Waals surface area contributed by atoms with Crippen LogP contribution in [0.2, 0.25) is 5.02 Å². The van der Waals surface area contributed by atoms with Crippen LogP contribution < -0.4 is 34.7 Å². The average molecular weight is 522 g/mol. The summed E-state index contributed by atoms with van der Waals surface area (Å²) in [6.07, 6.45) is 8.11. The number of hydrogen-bond donors (Lipinski definition) is 0. The molecule has 0 N–H and O–H groups in total. The molecule has 0 bridgehead atoms. The van der Waals surface area contributed by atoms with E-state index in [1.165, 1.54) is 19.3 Å². The zero-order valence-electron chi connectivity index (χ0n) is 22.1. The van der Waals surface area contributed by atoms with Gasteiger partial charge in [-0.05, 0) is 80.4 Å². The normalized spacial score (nSPS) is 20.0. The van der Waals surface area contributed by atoms with Gasteiger partial charge in [0.25, 0.3) is 0 Å². The van der Waals surface area contributed by atoms with Crippen molar-refractivity contribution in [3.05, 3.63) is 51.4 Å². The number of nitrogens with zero attached hydrogens (tertiary/aromatic N) is 1. The maximum atomic E-state index is 13.0. The Kier molecular flexibility index (Phi) is 10.7. The molecule has 0 amide bonds. The summed E-state index contributed by atoms with van der Waals surface area (Å²) in [5.74, 6) is 1.43. The summed E-state index contributed by atoms with van der Waals surface area (Å²) in [5, 5.41) is 16.6. The van der Waals surface area contributed by atoms with Gasteiger partial charge in [0.05, 0.1) is 5.69 Å². The first kappa shape index (κ1) is 29.4. The number of aliphatic carboxylic acids is 1. The molecule has 0 spiro atoms. The van der Waals surface area contributed by atoms with E-state index in [0.717, 1.165) is 60.0 Å². The van der Waals surface area contributed by atoms with Crippen LogP contribution in [0, 0.1) is 18.8 Å². The number of carboxylic acid groups (broad SMARTS) is 1. The third-order valence-electron chi connectivity index (χ3n) is 8.07. The van der Waals surface area contributed by atoms with Crippen LogP contribution in [0.4, 0.5) is 0 Å². The van der Waals surface area contributed by atoms with Crippen molar-refractivity contribution in [3.63, 3.8) is 0 Å². The fourth-order valence-electron chi connectivity index (χ4n) is 5.75. The maximum Gasteiger partial charge on any atom is 1.00 e. The molecule has 2 fully saturated rings. The summed E-state index contributed by atoms with van der Waals surface area (Å²) < 4.78 is 5.91. The first-order valence-electron chi connectivity index (χ1n) is 13.2. The third kappa shape index (κ3) is 7.24. The van der Waals surface area contributed by atoms with Gasteiger partial charge >= 0.3 is 29.6 Å². The molecule has 1 heterocycles. The van der Waals surface area contributed by atoms with Crippen LogP contribution in [-0.4, -0.2) is 16.9 Å². The summed E-state index contributed by atoms with van der Waals surface area (Å²) in [4.78, 5) is 24.6.